The lowest BCUT2D eigenvalue weighted by Crippen LogP contribution is -2.53. The SMILES string of the molecule is CCNC(C)(CCc1ccc(OC(F)F)cc1)C(N)=O. The number of likely N-dealkylation sites (N-methyl/N-ethyl adjacent to an activating group) is 1. The Balaban J connectivity index is 2.62. The van der Waals surface area contributed by atoms with Gasteiger partial charge in [-0.25, -0.2) is 0 Å². The van der Waals surface area contributed by atoms with Crippen LogP contribution in [0, 0.1) is 0 Å². The van der Waals surface area contributed by atoms with E-state index in [0.717, 1.165) is 5.56 Å². The summed E-state index contributed by atoms with van der Waals surface area (Å²) >= 11 is 0. The highest BCUT2D eigenvalue weighted by atomic mass is 19.3. The molecule has 1 amide bonds. The van der Waals surface area contributed by atoms with E-state index in [9.17, 15) is 13.6 Å². The Morgan fingerprint density at radius 3 is 2.45 bits per heavy atom. The lowest BCUT2D eigenvalue weighted by atomic mass is 9.92. The Kier molecular flexibility index (Phi) is 5.88. The third-order valence-corrected chi connectivity index (χ3v) is 3.17. The van der Waals surface area contributed by atoms with E-state index in [1.807, 2.05) is 6.92 Å². The Morgan fingerprint density at radius 2 is 2.00 bits per heavy atom. The van der Waals surface area contributed by atoms with Crippen molar-refractivity contribution in [3.8, 4) is 5.75 Å². The summed E-state index contributed by atoms with van der Waals surface area (Å²) < 4.78 is 28.3. The maximum atomic E-state index is 12.0. The zero-order valence-electron chi connectivity index (χ0n) is 11.7. The summed E-state index contributed by atoms with van der Waals surface area (Å²) in [5.74, 6) is -0.287. The van der Waals surface area contributed by atoms with Gasteiger partial charge in [0.15, 0.2) is 0 Å². The van der Waals surface area contributed by atoms with Crippen molar-refractivity contribution in [2.24, 2.45) is 5.73 Å². The number of carbonyl (C=O) groups excluding carboxylic acids is 1. The second-order valence-electron chi connectivity index (χ2n) is 4.75. The van der Waals surface area contributed by atoms with Gasteiger partial charge >= 0.3 is 6.61 Å². The number of hydrogen-bond acceptors (Lipinski definition) is 3. The lowest BCUT2D eigenvalue weighted by Gasteiger charge is -2.27. The predicted molar refractivity (Wildman–Crippen MR) is 72.7 cm³/mol. The van der Waals surface area contributed by atoms with E-state index >= 15 is 0 Å². The largest absolute Gasteiger partial charge is 0.435 e. The lowest BCUT2D eigenvalue weighted by molar-refractivity contribution is -0.124. The number of aryl methyl sites for hydroxylation is 1. The van der Waals surface area contributed by atoms with Gasteiger partial charge in [0.1, 0.15) is 5.75 Å². The molecular formula is C14H20F2N2O2. The molecule has 1 unspecified atom stereocenters. The zero-order valence-corrected chi connectivity index (χ0v) is 11.7. The quantitative estimate of drug-likeness (QED) is 0.769. The molecule has 1 aromatic carbocycles. The monoisotopic (exact) mass is 286 g/mol. The van der Waals surface area contributed by atoms with Crippen molar-refractivity contribution < 1.29 is 18.3 Å². The second kappa shape index (κ2) is 7.19. The van der Waals surface area contributed by atoms with Crippen molar-refractivity contribution in [2.75, 3.05) is 6.54 Å². The highest BCUT2D eigenvalue weighted by Crippen LogP contribution is 2.18. The first-order valence-corrected chi connectivity index (χ1v) is 6.46. The molecule has 0 aliphatic carbocycles. The first-order chi connectivity index (χ1) is 9.37. The highest BCUT2D eigenvalue weighted by Gasteiger charge is 2.29. The number of nitrogens with one attached hydrogen (secondary N) is 1. The van der Waals surface area contributed by atoms with Crippen LogP contribution >= 0.6 is 0 Å². The van der Waals surface area contributed by atoms with Crippen LogP contribution in [0.2, 0.25) is 0 Å². The normalized spacial score (nSPS) is 14.1. The van der Waals surface area contributed by atoms with Crippen LogP contribution in [0.3, 0.4) is 0 Å². The number of amides is 1. The van der Waals surface area contributed by atoms with Crippen LogP contribution in [0.25, 0.3) is 0 Å². The fraction of sp³-hybridized carbons (Fsp3) is 0.500. The number of hydrogen-bond donors (Lipinski definition) is 2. The Bertz CT molecular complexity index is 437. The van der Waals surface area contributed by atoms with Gasteiger partial charge in [-0.3, -0.25) is 4.79 Å². The van der Waals surface area contributed by atoms with Crippen LogP contribution in [0.1, 0.15) is 25.8 Å². The molecule has 0 radical (unpaired) electrons. The molecule has 0 aliphatic rings. The smallest absolute Gasteiger partial charge is 0.387 e. The van der Waals surface area contributed by atoms with Crippen LogP contribution in [-0.4, -0.2) is 24.6 Å². The van der Waals surface area contributed by atoms with Crippen LogP contribution in [-0.2, 0) is 11.2 Å². The summed E-state index contributed by atoms with van der Waals surface area (Å²) in [7, 11) is 0. The number of primary amides is 1. The van der Waals surface area contributed by atoms with Crippen LogP contribution < -0.4 is 15.8 Å². The summed E-state index contributed by atoms with van der Waals surface area (Å²) in [6.07, 6.45) is 1.15. The number of nitrogens with two attached hydrogens (primary N) is 1. The zero-order chi connectivity index (χ0) is 15.2. The molecule has 1 rings (SSSR count). The van der Waals surface area contributed by atoms with Crippen molar-refractivity contribution in [1.82, 2.24) is 5.32 Å². The molecule has 20 heavy (non-hydrogen) atoms. The molecule has 0 fully saturated rings. The molecule has 0 saturated heterocycles. The van der Waals surface area contributed by atoms with E-state index in [-0.39, 0.29) is 5.75 Å². The third kappa shape index (κ3) is 4.77. The number of carbonyl (C=O) groups is 1. The van der Waals surface area contributed by atoms with Gasteiger partial charge < -0.3 is 15.8 Å². The van der Waals surface area contributed by atoms with E-state index in [1.165, 1.54) is 12.1 Å². The number of ether oxygens (including phenoxy) is 1. The first kappa shape index (κ1) is 16.4. The standard InChI is InChI=1S/C14H20F2N2O2/c1-3-18-14(2,12(17)19)9-8-10-4-6-11(7-5-10)20-13(15)16/h4-7,13,18H,3,8-9H2,1-2H3,(H2,17,19). The predicted octanol–water partition coefficient (Wildman–Crippen LogP) is 2.07. The molecule has 0 aliphatic heterocycles. The van der Waals surface area contributed by atoms with Crippen molar-refractivity contribution in [1.29, 1.82) is 0 Å². The average molecular weight is 286 g/mol. The van der Waals surface area contributed by atoms with Crippen LogP contribution in [0.4, 0.5) is 8.78 Å². The number of alkyl halides is 2. The van der Waals surface area contributed by atoms with E-state index < -0.39 is 18.1 Å². The summed E-state index contributed by atoms with van der Waals surface area (Å²) in [5.41, 5.74) is 5.55. The van der Waals surface area contributed by atoms with Gasteiger partial charge in [0.2, 0.25) is 5.91 Å². The van der Waals surface area contributed by atoms with Crippen molar-refractivity contribution >= 4 is 5.91 Å². The molecule has 0 bridgehead atoms. The molecule has 4 nitrogen and oxygen atoms in total. The molecule has 112 valence electrons. The Morgan fingerprint density at radius 1 is 1.40 bits per heavy atom. The molecule has 0 saturated carbocycles. The minimum Gasteiger partial charge on any atom is -0.435 e. The highest BCUT2D eigenvalue weighted by molar-refractivity contribution is 5.84. The van der Waals surface area contributed by atoms with E-state index in [0.29, 0.717) is 19.4 Å². The molecule has 1 aromatic rings. The first-order valence-electron chi connectivity index (χ1n) is 6.46. The van der Waals surface area contributed by atoms with Gasteiger partial charge in [-0.2, -0.15) is 8.78 Å². The molecule has 0 aromatic heterocycles. The minimum atomic E-state index is -2.83. The Labute approximate surface area is 117 Å². The molecule has 1 atom stereocenters. The van der Waals surface area contributed by atoms with Gasteiger partial charge in [0.25, 0.3) is 0 Å². The van der Waals surface area contributed by atoms with Crippen LogP contribution in [0.15, 0.2) is 24.3 Å². The molecule has 3 N–H and O–H groups in total. The summed E-state index contributed by atoms with van der Waals surface area (Å²) in [5, 5.41) is 3.07. The fourth-order valence-electron chi connectivity index (χ4n) is 1.92. The van der Waals surface area contributed by atoms with E-state index in [2.05, 4.69) is 10.1 Å². The van der Waals surface area contributed by atoms with Crippen LogP contribution in [0.5, 0.6) is 5.75 Å². The van der Waals surface area contributed by atoms with E-state index in [1.54, 1.807) is 19.1 Å². The van der Waals surface area contributed by atoms with Gasteiger partial charge in [0.05, 0.1) is 5.54 Å². The third-order valence-electron chi connectivity index (χ3n) is 3.17. The fourth-order valence-corrected chi connectivity index (χ4v) is 1.92. The van der Waals surface area contributed by atoms with Gasteiger partial charge in [-0.1, -0.05) is 19.1 Å². The summed E-state index contributed by atoms with van der Waals surface area (Å²) in [4.78, 5) is 11.5. The number of halogens is 2. The maximum Gasteiger partial charge on any atom is 0.387 e. The van der Waals surface area contributed by atoms with E-state index in [4.69, 9.17) is 5.73 Å². The second-order valence-corrected chi connectivity index (χ2v) is 4.75. The summed E-state index contributed by atoms with van der Waals surface area (Å²) in [6, 6.07) is 6.36. The van der Waals surface area contributed by atoms with Gasteiger partial charge in [-0.05, 0) is 44.0 Å². The number of benzene rings is 1. The van der Waals surface area contributed by atoms with Crippen molar-refractivity contribution in [3.05, 3.63) is 29.8 Å². The molecular weight excluding hydrogens is 266 g/mol. The Hall–Kier alpha value is -1.69. The summed E-state index contributed by atoms with van der Waals surface area (Å²) in [6.45, 7) is 1.47. The number of rotatable bonds is 8. The van der Waals surface area contributed by atoms with Gasteiger partial charge in [0, 0.05) is 0 Å². The molecule has 0 heterocycles. The topological polar surface area (TPSA) is 64.3 Å². The van der Waals surface area contributed by atoms with Crippen molar-refractivity contribution in [3.63, 3.8) is 0 Å². The maximum absolute atomic E-state index is 12.0. The molecule has 0 spiro atoms. The van der Waals surface area contributed by atoms with Gasteiger partial charge in [-0.15, -0.1) is 0 Å². The van der Waals surface area contributed by atoms with Crippen molar-refractivity contribution in [2.45, 2.75) is 38.8 Å². The average Bonchev–Trinajstić information content (AvgIpc) is 2.37. The minimum absolute atomic E-state index is 0.119. The molecule has 6 heteroatoms.